The maximum atomic E-state index is 13.1. The van der Waals surface area contributed by atoms with Gasteiger partial charge < -0.3 is 4.74 Å². The highest BCUT2D eigenvalue weighted by molar-refractivity contribution is 7.86. The minimum atomic E-state index is -4.61. The number of aromatic nitrogens is 1. The number of hydrogen-bond acceptors (Lipinski definition) is 9. The summed E-state index contributed by atoms with van der Waals surface area (Å²) in [4.78, 5) is 17.3. The van der Waals surface area contributed by atoms with E-state index in [1.54, 1.807) is 44.4 Å². The van der Waals surface area contributed by atoms with Crippen LogP contribution in [-0.2, 0) is 14.9 Å². The monoisotopic (exact) mass is 521 g/mol. The predicted octanol–water partition coefficient (Wildman–Crippen LogP) is 5.09. The molecule has 10 nitrogen and oxygen atoms in total. The number of carbonyl (C=O) groups is 1. The van der Waals surface area contributed by atoms with E-state index >= 15 is 0 Å². The minimum Gasteiger partial charge on any atom is -0.497 e. The molecule has 0 radical (unpaired) electrons. The Hall–Kier alpha value is -4.00. The number of hydrogen-bond donors (Lipinski definition) is 1. The van der Waals surface area contributed by atoms with E-state index in [0.29, 0.717) is 27.3 Å². The largest absolute Gasteiger partial charge is 0.497 e. The van der Waals surface area contributed by atoms with E-state index in [9.17, 15) is 17.8 Å². The maximum absolute atomic E-state index is 13.1. The summed E-state index contributed by atoms with van der Waals surface area (Å²) in [6.07, 6.45) is 0. The van der Waals surface area contributed by atoms with Crippen molar-refractivity contribution < 1.29 is 22.5 Å². The Morgan fingerprint density at radius 3 is 2.56 bits per heavy atom. The van der Waals surface area contributed by atoms with E-state index in [1.165, 1.54) is 22.4 Å². The van der Waals surface area contributed by atoms with Crippen LogP contribution in [0.2, 0.25) is 0 Å². The van der Waals surface area contributed by atoms with Gasteiger partial charge in [-0.05, 0) is 42.6 Å². The van der Waals surface area contributed by atoms with E-state index in [4.69, 9.17) is 4.74 Å². The summed E-state index contributed by atoms with van der Waals surface area (Å²) < 4.78 is 39.3. The van der Waals surface area contributed by atoms with Crippen molar-refractivity contribution in [2.24, 2.45) is 15.3 Å². The summed E-state index contributed by atoms with van der Waals surface area (Å²) in [5.41, 5.74) is 1.83. The molecule has 0 saturated heterocycles. The summed E-state index contributed by atoms with van der Waals surface area (Å²) in [5.74, 6) is 0.252. The van der Waals surface area contributed by atoms with Gasteiger partial charge in [0.2, 0.25) is 5.13 Å². The molecule has 3 aromatic carbocycles. The molecule has 5 rings (SSSR count). The Labute approximate surface area is 210 Å². The summed E-state index contributed by atoms with van der Waals surface area (Å²) >= 11 is 1.25. The van der Waals surface area contributed by atoms with Gasteiger partial charge in [-0.1, -0.05) is 30.3 Å². The normalized spacial score (nSPS) is 16.2. The molecule has 0 saturated carbocycles. The fraction of sp³-hybridized carbons (Fsp3) is 0.125. The molecule has 0 bridgehead atoms. The SMILES string of the molecule is COc1ccc(-c2csc(N3N=C(C)[C@H](N=Nc4ccc5ccccc5c4S(=O)(=O)O)C3=O)n2)cc1. The van der Waals surface area contributed by atoms with Crippen molar-refractivity contribution in [3.8, 4) is 17.0 Å². The first-order valence-corrected chi connectivity index (χ1v) is 13.0. The van der Waals surface area contributed by atoms with Gasteiger partial charge in [0.1, 0.15) is 16.3 Å². The number of hydrazone groups is 1. The first-order valence-electron chi connectivity index (χ1n) is 10.7. The molecule has 0 unspecified atom stereocenters. The van der Waals surface area contributed by atoms with Crippen LogP contribution in [0.25, 0.3) is 22.0 Å². The lowest BCUT2D eigenvalue weighted by Gasteiger charge is -2.09. The number of methoxy groups -OCH3 is 1. The number of fused-ring (bicyclic) bond motifs is 1. The highest BCUT2D eigenvalue weighted by atomic mass is 32.2. The van der Waals surface area contributed by atoms with Gasteiger partial charge in [0.05, 0.1) is 18.5 Å². The average Bonchev–Trinajstić information content (AvgIpc) is 3.46. The molecule has 12 heteroatoms. The van der Waals surface area contributed by atoms with Crippen LogP contribution in [-0.4, -0.2) is 42.7 Å². The second kappa shape index (κ2) is 9.22. The lowest BCUT2D eigenvalue weighted by molar-refractivity contribution is -0.117. The topological polar surface area (TPSA) is 134 Å². The van der Waals surface area contributed by atoms with Crippen LogP contribution in [0, 0.1) is 0 Å². The molecule has 182 valence electrons. The molecule has 1 amide bonds. The van der Waals surface area contributed by atoms with Crippen LogP contribution >= 0.6 is 11.3 Å². The van der Waals surface area contributed by atoms with Crippen molar-refractivity contribution >= 4 is 54.7 Å². The fourth-order valence-corrected chi connectivity index (χ4v) is 5.41. The summed E-state index contributed by atoms with van der Waals surface area (Å²) in [5, 5.41) is 16.7. The van der Waals surface area contributed by atoms with Gasteiger partial charge in [-0.25, -0.2) is 4.98 Å². The molecule has 1 atom stereocenters. The van der Waals surface area contributed by atoms with Crippen molar-refractivity contribution in [2.45, 2.75) is 17.9 Å². The predicted molar refractivity (Wildman–Crippen MR) is 137 cm³/mol. The van der Waals surface area contributed by atoms with Crippen LogP contribution < -0.4 is 9.75 Å². The van der Waals surface area contributed by atoms with Crippen LogP contribution in [0.4, 0.5) is 10.8 Å². The molecular weight excluding hydrogens is 502 g/mol. The van der Waals surface area contributed by atoms with Gasteiger partial charge in [0.15, 0.2) is 6.04 Å². The second-order valence-electron chi connectivity index (χ2n) is 7.86. The van der Waals surface area contributed by atoms with E-state index in [-0.39, 0.29) is 10.6 Å². The zero-order valence-corrected chi connectivity index (χ0v) is 20.7. The highest BCUT2D eigenvalue weighted by Crippen LogP contribution is 2.34. The Balaban J connectivity index is 1.42. The molecule has 1 N–H and O–H groups in total. The molecule has 0 aliphatic carbocycles. The van der Waals surface area contributed by atoms with E-state index in [1.807, 2.05) is 29.6 Å². The van der Waals surface area contributed by atoms with Gasteiger partial charge in [-0.3, -0.25) is 9.35 Å². The second-order valence-corrected chi connectivity index (χ2v) is 10.1. The average molecular weight is 522 g/mol. The summed E-state index contributed by atoms with van der Waals surface area (Å²) in [6.45, 7) is 1.63. The molecule has 4 aromatic rings. The highest BCUT2D eigenvalue weighted by Gasteiger charge is 2.36. The zero-order chi connectivity index (χ0) is 25.4. The number of amides is 1. The molecule has 0 fully saturated rings. The first kappa shape index (κ1) is 23.7. The van der Waals surface area contributed by atoms with Gasteiger partial charge in [0.25, 0.3) is 16.0 Å². The van der Waals surface area contributed by atoms with Crippen molar-refractivity contribution in [1.82, 2.24) is 4.98 Å². The number of carbonyl (C=O) groups excluding carboxylic acids is 1. The van der Waals surface area contributed by atoms with Crippen LogP contribution in [0.1, 0.15) is 6.92 Å². The number of benzene rings is 3. The number of thiazole rings is 1. The van der Waals surface area contributed by atoms with Gasteiger partial charge in [-0.2, -0.15) is 28.8 Å². The first-order chi connectivity index (χ1) is 17.3. The van der Waals surface area contributed by atoms with E-state index < -0.39 is 22.1 Å². The number of ether oxygens (including phenoxy) is 1. The Morgan fingerprint density at radius 1 is 1.08 bits per heavy atom. The summed E-state index contributed by atoms with van der Waals surface area (Å²) in [7, 11) is -3.02. The minimum absolute atomic E-state index is 0.0775. The quantitative estimate of drug-likeness (QED) is 0.277. The third kappa shape index (κ3) is 4.37. The van der Waals surface area contributed by atoms with Crippen molar-refractivity contribution in [3.05, 3.63) is 66.0 Å². The smallest absolute Gasteiger partial charge is 0.297 e. The van der Waals surface area contributed by atoms with E-state index in [0.717, 1.165) is 11.3 Å². The molecule has 2 heterocycles. The lowest BCUT2D eigenvalue weighted by atomic mass is 10.1. The van der Waals surface area contributed by atoms with Crippen LogP contribution in [0.3, 0.4) is 0 Å². The van der Waals surface area contributed by atoms with Crippen molar-refractivity contribution in [3.63, 3.8) is 0 Å². The number of rotatable bonds is 6. The standard InChI is InChI=1S/C24H19N5O5S2/c1-14-21(27-26-19-12-9-15-5-3-4-6-18(15)22(19)36(31,32)33)23(30)29(28-14)24-25-20(13-35-24)16-7-10-17(34-2)11-8-16/h3-13,21H,1-2H3,(H,31,32,33)/t21-/m0/s1. The van der Waals surface area contributed by atoms with E-state index in [2.05, 4.69) is 20.3 Å². The molecule has 1 aromatic heterocycles. The van der Waals surface area contributed by atoms with Gasteiger partial charge in [-0.15, -0.1) is 11.3 Å². The Kier molecular flexibility index (Phi) is 6.08. The number of azo groups is 1. The van der Waals surface area contributed by atoms with Crippen LogP contribution in [0.5, 0.6) is 5.75 Å². The molecule has 1 aliphatic heterocycles. The van der Waals surface area contributed by atoms with Gasteiger partial charge in [0, 0.05) is 16.3 Å². The molecule has 36 heavy (non-hydrogen) atoms. The third-order valence-corrected chi connectivity index (χ3v) is 7.31. The fourth-order valence-electron chi connectivity index (χ4n) is 3.78. The molecule has 0 spiro atoms. The molecular formula is C24H19N5O5S2. The Bertz CT molecular complexity index is 1650. The van der Waals surface area contributed by atoms with Gasteiger partial charge >= 0.3 is 0 Å². The maximum Gasteiger partial charge on any atom is 0.297 e. The Morgan fingerprint density at radius 2 is 1.83 bits per heavy atom. The summed E-state index contributed by atoms with van der Waals surface area (Å²) in [6, 6.07) is 16.1. The lowest BCUT2D eigenvalue weighted by Crippen LogP contribution is -2.29. The number of anilines is 1. The third-order valence-electron chi connectivity index (χ3n) is 5.55. The zero-order valence-electron chi connectivity index (χ0n) is 19.1. The van der Waals surface area contributed by atoms with Crippen molar-refractivity contribution in [1.29, 1.82) is 0 Å². The molecule has 1 aliphatic rings. The number of nitrogens with zero attached hydrogens (tertiary/aromatic N) is 5. The van der Waals surface area contributed by atoms with Crippen LogP contribution in [0.15, 0.2) is 86.3 Å². The van der Waals surface area contributed by atoms with Crippen molar-refractivity contribution in [2.75, 3.05) is 12.1 Å².